The first-order valence-corrected chi connectivity index (χ1v) is 17.8. The Hall–Kier alpha value is -3.39. The van der Waals surface area contributed by atoms with Crippen molar-refractivity contribution in [3.63, 3.8) is 0 Å². The summed E-state index contributed by atoms with van der Waals surface area (Å²) in [5.41, 5.74) is -2.44. The predicted molar refractivity (Wildman–Crippen MR) is 184 cm³/mol. The lowest BCUT2D eigenvalue weighted by Gasteiger charge is -2.47. The normalized spacial score (nSPS) is 39.7. The highest BCUT2D eigenvalue weighted by atomic mass is 16.8. The smallest absolute Gasteiger partial charge is 0.457 e. The minimum absolute atomic E-state index is 0.0804. The average Bonchev–Trinajstić information content (AvgIpc) is 3.42. The molecule has 0 bridgehead atoms. The topological polar surface area (TPSA) is 153 Å². The van der Waals surface area contributed by atoms with Crippen molar-refractivity contribution in [1.82, 2.24) is 4.90 Å². The fourth-order valence-corrected chi connectivity index (χ4v) is 7.93. The van der Waals surface area contributed by atoms with E-state index in [1.165, 1.54) is 14.0 Å². The number of carbonyl (C=O) groups excluding carboxylic acids is 5. The van der Waals surface area contributed by atoms with Gasteiger partial charge in [0, 0.05) is 18.9 Å². The molecule has 3 aliphatic rings. The number of nitrogens with zero attached hydrogens (tertiary/aromatic N) is 1. The number of benzene rings is 1. The van der Waals surface area contributed by atoms with Crippen LogP contribution in [0.4, 0.5) is 4.79 Å². The SMILES string of the molecule is CC[C@H]1OC(=O)[C@H](C)C(=O)[C@H](C)[C@@H](O[C@@H]2O[C@H](C)C[C@H](N(C)C)[C@H]2OC(=O)c2ccccc2)[C@](C)(OC)C[C@@H](C)C(=O)[C@H](C)[C@H]2OC(=O)O[C@@]21C. The van der Waals surface area contributed by atoms with Crippen LogP contribution in [-0.4, -0.2) is 110 Å². The lowest BCUT2D eigenvalue weighted by atomic mass is 9.74. The summed E-state index contributed by atoms with van der Waals surface area (Å²) in [6.45, 7) is 13.4. The molecule has 1 aromatic rings. The number of esters is 2. The third-order valence-corrected chi connectivity index (χ3v) is 11.0. The molecule has 0 spiro atoms. The Kier molecular flexibility index (Phi) is 12.7. The van der Waals surface area contributed by atoms with Gasteiger partial charge in [0.2, 0.25) is 0 Å². The van der Waals surface area contributed by atoms with Gasteiger partial charge in [-0.2, -0.15) is 0 Å². The number of rotatable bonds is 7. The monoisotopic (exact) mass is 717 g/mol. The zero-order valence-electron chi connectivity index (χ0n) is 31.7. The third-order valence-electron chi connectivity index (χ3n) is 11.0. The van der Waals surface area contributed by atoms with Crippen molar-refractivity contribution in [2.45, 2.75) is 129 Å². The van der Waals surface area contributed by atoms with Crippen molar-refractivity contribution in [2.24, 2.45) is 23.7 Å². The average molecular weight is 718 g/mol. The van der Waals surface area contributed by atoms with E-state index in [1.807, 2.05) is 25.9 Å². The molecule has 13 nitrogen and oxygen atoms in total. The first-order chi connectivity index (χ1) is 23.9. The van der Waals surface area contributed by atoms with Gasteiger partial charge >= 0.3 is 18.1 Å². The van der Waals surface area contributed by atoms with Crippen LogP contribution < -0.4 is 0 Å². The van der Waals surface area contributed by atoms with Crippen molar-refractivity contribution >= 4 is 29.7 Å². The fourth-order valence-electron chi connectivity index (χ4n) is 7.93. The van der Waals surface area contributed by atoms with Gasteiger partial charge in [-0.3, -0.25) is 14.4 Å². The van der Waals surface area contributed by atoms with Crippen LogP contribution in [0.2, 0.25) is 0 Å². The molecule has 1 aromatic carbocycles. The molecule has 0 N–H and O–H groups in total. The van der Waals surface area contributed by atoms with Crippen LogP contribution in [-0.2, 0) is 47.5 Å². The van der Waals surface area contributed by atoms with E-state index in [0.29, 0.717) is 12.0 Å². The minimum Gasteiger partial charge on any atom is -0.457 e. The summed E-state index contributed by atoms with van der Waals surface area (Å²) in [6, 6.07) is 8.26. The molecule has 0 aliphatic carbocycles. The molecule has 284 valence electrons. The van der Waals surface area contributed by atoms with Gasteiger partial charge in [-0.15, -0.1) is 0 Å². The second-order valence-corrected chi connectivity index (χ2v) is 15.0. The fraction of sp³-hybridized carbons (Fsp3) is 0.711. The highest BCUT2D eigenvalue weighted by Crippen LogP contribution is 2.42. The molecule has 3 saturated heterocycles. The first kappa shape index (κ1) is 40.4. The summed E-state index contributed by atoms with van der Waals surface area (Å²) < 4.78 is 42.4. The highest BCUT2D eigenvalue weighted by Gasteiger charge is 2.59. The molecular formula is C38H55NO12. The van der Waals surface area contributed by atoms with Crippen LogP contribution >= 0.6 is 0 Å². The Balaban J connectivity index is 1.78. The molecule has 13 atom stereocenters. The summed E-state index contributed by atoms with van der Waals surface area (Å²) >= 11 is 0. The summed E-state index contributed by atoms with van der Waals surface area (Å²) in [5.74, 6) is -5.93. The third kappa shape index (κ3) is 8.32. The number of Topliss-reactive ketones (excluding diaryl/α,β-unsaturated/α-hetero) is 2. The minimum atomic E-state index is -1.48. The zero-order chi connectivity index (χ0) is 38.0. The molecule has 3 aliphatic heterocycles. The largest absolute Gasteiger partial charge is 0.509 e. The van der Waals surface area contributed by atoms with Gasteiger partial charge in [-0.05, 0) is 73.2 Å². The van der Waals surface area contributed by atoms with E-state index in [4.69, 9.17) is 33.2 Å². The number of hydrogen-bond donors (Lipinski definition) is 0. The first-order valence-electron chi connectivity index (χ1n) is 17.8. The number of likely N-dealkylation sites (N-methyl/N-ethyl adjacent to an activating group) is 1. The molecule has 13 heteroatoms. The Morgan fingerprint density at radius 3 is 2.18 bits per heavy atom. The lowest BCUT2D eigenvalue weighted by Crippen LogP contribution is -2.60. The molecule has 0 saturated carbocycles. The van der Waals surface area contributed by atoms with Gasteiger partial charge in [0.1, 0.15) is 17.8 Å². The van der Waals surface area contributed by atoms with Crippen molar-refractivity contribution in [3.8, 4) is 0 Å². The van der Waals surface area contributed by atoms with Crippen LogP contribution in [0, 0.1) is 23.7 Å². The van der Waals surface area contributed by atoms with Gasteiger partial charge in [0.15, 0.2) is 29.9 Å². The Morgan fingerprint density at radius 2 is 1.59 bits per heavy atom. The maximum absolute atomic E-state index is 14.3. The van der Waals surface area contributed by atoms with Crippen LogP contribution in [0.1, 0.15) is 85.0 Å². The van der Waals surface area contributed by atoms with Crippen LogP contribution in [0.3, 0.4) is 0 Å². The van der Waals surface area contributed by atoms with Gasteiger partial charge in [0.05, 0.1) is 35.3 Å². The standard InChI is InChI=1S/C38H55NO12/c1-12-27-38(8)32(50-36(44)51-38)22(4)28(40)20(2)19-37(7,45-11)31(23(5)29(41)24(6)33(42)47-27)49-35-30(26(39(9)10)18-21(3)46-35)48-34(43)25-16-14-13-15-17-25/h13-17,20-24,26-27,30-32,35H,12,18-19H2,1-11H3/t20-,21-,22+,23+,24-,26+,27-,30-,31-,32-,35+,37-,38-/m1/s1. The van der Waals surface area contributed by atoms with Gasteiger partial charge in [-0.25, -0.2) is 9.59 Å². The quantitative estimate of drug-likeness (QED) is 0.216. The number of hydrogen-bond acceptors (Lipinski definition) is 13. The second kappa shape index (κ2) is 16.1. The van der Waals surface area contributed by atoms with Crippen LogP contribution in [0.5, 0.6) is 0 Å². The van der Waals surface area contributed by atoms with Crippen molar-refractivity contribution in [1.29, 1.82) is 0 Å². The number of cyclic esters (lactones) is 1. The number of ether oxygens (including phenoxy) is 7. The lowest BCUT2D eigenvalue weighted by molar-refractivity contribution is -0.294. The van der Waals surface area contributed by atoms with Gasteiger partial charge in [-0.1, -0.05) is 45.9 Å². The molecule has 3 heterocycles. The van der Waals surface area contributed by atoms with Crippen LogP contribution in [0.25, 0.3) is 0 Å². The Morgan fingerprint density at radius 1 is 0.941 bits per heavy atom. The number of ketones is 2. The predicted octanol–water partition coefficient (Wildman–Crippen LogP) is 4.77. The zero-order valence-corrected chi connectivity index (χ0v) is 31.7. The van der Waals surface area contributed by atoms with E-state index in [1.54, 1.807) is 71.9 Å². The number of carbonyl (C=O) groups is 5. The molecule has 4 rings (SSSR count). The van der Waals surface area contributed by atoms with Crippen molar-refractivity contribution in [2.75, 3.05) is 21.2 Å². The van der Waals surface area contributed by atoms with E-state index < -0.39 is 89.5 Å². The Bertz CT molecular complexity index is 1430. The maximum Gasteiger partial charge on any atom is 0.509 e. The van der Waals surface area contributed by atoms with E-state index in [-0.39, 0.29) is 30.8 Å². The van der Waals surface area contributed by atoms with E-state index in [0.717, 1.165) is 0 Å². The highest BCUT2D eigenvalue weighted by molar-refractivity contribution is 6.00. The summed E-state index contributed by atoms with van der Waals surface area (Å²) in [6.07, 6.45) is -5.71. The maximum atomic E-state index is 14.3. The molecule has 0 aromatic heterocycles. The van der Waals surface area contributed by atoms with E-state index in [2.05, 4.69) is 0 Å². The molecule has 51 heavy (non-hydrogen) atoms. The summed E-state index contributed by atoms with van der Waals surface area (Å²) in [5, 5.41) is 0. The van der Waals surface area contributed by atoms with Crippen LogP contribution in [0.15, 0.2) is 30.3 Å². The summed E-state index contributed by atoms with van der Waals surface area (Å²) in [7, 11) is 5.21. The van der Waals surface area contributed by atoms with E-state index in [9.17, 15) is 24.0 Å². The van der Waals surface area contributed by atoms with Crippen molar-refractivity contribution in [3.05, 3.63) is 35.9 Å². The second-order valence-electron chi connectivity index (χ2n) is 15.0. The van der Waals surface area contributed by atoms with Crippen molar-refractivity contribution < 1.29 is 57.1 Å². The van der Waals surface area contributed by atoms with E-state index >= 15 is 0 Å². The van der Waals surface area contributed by atoms with Gasteiger partial charge in [0.25, 0.3) is 0 Å². The number of methoxy groups -OCH3 is 1. The Labute approximate surface area is 300 Å². The molecule has 3 fully saturated rings. The molecule has 0 radical (unpaired) electrons. The molecular weight excluding hydrogens is 662 g/mol. The van der Waals surface area contributed by atoms with Gasteiger partial charge < -0.3 is 38.1 Å². The summed E-state index contributed by atoms with van der Waals surface area (Å²) in [4.78, 5) is 69.9. The molecule has 0 amide bonds. The molecule has 0 unspecified atom stereocenters. The number of fused-ring (bicyclic) bond motifs is 1.